The lowest BCUT2D eigenvalue weighted by Crippen LogP contribution is -2.31. The van der Waals surface area contributed by atoms with Crippen molar-refractivity contribution in [2.24, 2.45) is 0 Å². The number of benzene rings is 2. The lowest BCUT2D eigenvalue weighted by molar-refractivity contribution is -0.139. The number of alkyl halides is 5. The molecule has 0 fully saturated rings. The van der Waals surface area contributed by atoms with Gasteiger partial charge in [-0.1, -0.05) is 12.1 Å². The fourth-order valence-electron chi connectivity index (χ4n) is 2.28. The van der Waals surface area contributed by atoms with Crippen LogP contribution in [0.4, 0.5) is 32.0 Å². The van der Waals surface area contributed by atoms with E-state index in [-0.39, 0.29) is 24.5 Å². The highest BCUT2D eigenvalue weighted by Crippen LogP contribution is 2.32. The van der Waals surface area contributed by atoms with Gasteiger partial charge in [0.15, 0.2) is 0 Å². The fraction of sp³-hybridized carbons (Fsp3) is 0.278. The van der Waals surface area contributed by atoms with Crippen molar-refractivity contribution in [1.82, 2.24) is 5.32 Å². The van der Waals surface area contributed by atoms with Gasteiger partial charge in [0.2, 0.25) is 5.91 Å². The lowest BCUT2D eigenvalue weighted by atomic mass is 10.1. The van der Waals surface area contributed by atoms with Gasteiger partial charge in [0.05, 0.1) is 12.1 Å². The summed E-state index contributed by atoms with van der Waals surface area (Å²) < 4.78 is 79.5. The predicted molar refractivity (Wildman–Crippen MR) is 89.7 cm³/mol. The number of carbonyl (C=O) groups is 1. The van der Waals surface area contributed by atoms with Gasteiger partial charge in [-0.3, -0.25) is 4.79 Å². The number of rotatable bonds is 8. The number of halogens is 6. The Kier molecular flexibility index (Phi) is 7.13. The van der Waals surface area contributed by atoms with Crippen LogP contribution in [0.25, 0.3) is 0 Å². The van der Waals surface area contributed by atoms with Crippen molar-refractivity contribution in [3.05, 3.63) is 59.4 Å². The van der Waals surface area contributed by atoms with Crippen LogP contribution < -0.4 is 15.4 Å². The molecule has 0 aliphatic carbocycles. The molecule has 0 aromatic heterocycles. The molecule has 2 aromatic rings. The lowest BCUT2D eigenvalue weighted by Gasteiger charge is -2.12. The van der Waals surface area contributed by atoms with Crippen LogP contribution >= 0.6 is 0 Å². The van der Waals surface area contributed by atoms with Gasteiger partial charge in [0, 0.05) is 12.2 Å². The maximum absolute atomic E-state index is 13.2. The van der Waals surface area contributed by atoms with E-state index >= 15 is 0 Å². The van der Waals surface area contributed by atoms with Crippen molar-refractivity contribution < 1.29 is 35.9 Å². The molecule has 10 heteroatoms. The molecule has 0 heterocycles. The molecule has 0 aliphatic heterocycles. The summed E-state index contributed by atoms with van der Waals surface area (Å²) in [4.78, 5) is 11.8. The third kappa shape index (κ3) is 6.67. The van der Waals surface area contributed by atoms with Gasteiger partial charge in [-0.25, -0.2) is 4.39 Å². The summed E-state index contributed by atoms with van der Waals surface area (Å²) in [6.45, 7) is -2.98. The normalized spacial score (nSPS) is 11.4. The average Bonchev–Trinajstić information content (AvgIpc) is 2.61. The first-order valence-corrected chi connectivity index (χ1v) is 8.06. The van der Waals surface area contributed by atoms with Crippen molar-refractivity contribution in [3.8, 4) is 5.75 Å². The van der Waals surface area contributed by atoms with Gasteiger partial charge in [-0.2, -0.15) is 22.0 Å². The van der Waals surface area contributed by atoms with Crippen molar-refractivity contribution >= 4 is 11.6 Å². The van der Waals surface area contributed by atoms with Crippen LogP contribution in [-0.2, 0) is 17.4 Å². The Labute approximate surface area is 156 Å². The zero-order valence-electron chi connectivity index (χ0n) is 14.3. The smallest absolute Gasteiger partial charge is 0.419 e. The Hall–Kier alpha value is -2.91. The maximum Gasteiger partial charge on any atom is 0.419 e. The van der Waals surface area contributed by atoms with Crippen molar-refractivity contribution in [1.29, 1.82) is 0 Å². The summed E-state index contributed by atoms with van der Waals surface area (Å²) >= 11 is 0. The first-order valence-electron chi connectivity index (χ1n) is 8.06. The van der Waals surface area contributed by atoms with Gasteiger partial charge in [0.1, 0.15) is 11.6 Å². The van der Waals surface area contributed by atoms with Crippen LogP contribution in [0.1, 0.15) is 11.1 Å². The van der Waals surface area contributed by atoms with Crippen LogP contribution in [0.5, 0.6) is 5.75 Å². The zero-order chi connectivity index (χ0) is 20.7. The van der Waals surface area contributed by atoms with E-state index in [1.165, 1.54) is 12.1 Å². The second-order valence-electron chi connectivity index (χ2n) is 5.67. The zero-order valence-corrected chi connectivity index (χ0v) is 14.3. The number of hydrogen-bond donors (Lipinski definition) is 2. The highest BCUT2D eigenvalue weighted by molar-refractivity contribution is 5.80. The first kappa shape index (κ1) is 21.4. The molecule has 2 aromatic carbocycles. The number of nitrogens with one attached hydrogen (secondary N) is 2. The minimum atomic E-state index is -4.83. The molecule has 0 saturated heterocycles. The first-order chi connectivity index (χ1) is 13.1. The van der Waals surface area contributed by atoms with Crippen LogP contribution in [0.3, 0.4) is 0 Å². The second kappa shape index (κ2) is 9.34. The summed E-state index contributed by atoms with van der Waals surface area (Å²) in [6.07, 6.45) is -4.42. The van der Waals surface area contributed by atoms with E-state index in [1.54, 1.807) is 12.1 Å². The van der Waals surface area contributed by atoms with E-state index in [9.17, 15) is 31.1 Å². The number of carbonyl (C=O) groups excluding carboxylic acids is 1. The molecule has 2 N–H and O–H groups in total. The molecule has 0 radical (unpaired) electrons. The van der Waals surface area contributed by atoms with Gasteiger partial charge in [-0.15, -0.1) is 0 Å². The second-order valence-corrected chi connectivity index (χ2v) is 5.67. The van der Waals surface area contributed by atoms with E-state index in [4.69, 9.17) is 0 Å². The summed E-state index contributed by atoms with van der Waals surface area (Å²) in [6, 6.07) is 8.24. The molecule has 2 rings (SSSR count). The maximum atomic E-state index is 13.2. The standard InChI is InChI=1S/C18H16F6N2O2/c19-15-6-3-12(9-14(15)18(22,23)24)26-10-16(27)25-8-7-11-1-4-13(5-2-11)28-17(20)21/h1-6,9,17,26H,7-8,10H2,(H,25,27). The predicted octanol–water partition coefficient (Wildman–Crippen LogP) is 4.22. The topological polar surface area (TPSA) is 50.4 Å². The molecular weight excluding hydrogens is 390 g/mol. The highest BCUT2D eigenvalue weighted by Gasteiger charge is 2.34. The molecule has 0 saturated carbocycles. The van der Waals surface area contributed by atoms with Crippen molar-refractivity contribution in [2.75, 3.05) is 18.4 Å². The van der Waals surface area contributed by atoms with Gasteiger partial charge in [0.25, 0.3) is 0 Å². The third-order valence-corrected chi connectivity index (χ3v) is 3.61. The number of amides is 1. The summed E-state index contributed by atoms with van der Waals surface area (Å²) in [5, 5.41) is 5.05. The number of ether oxygens (including phenoxy) is 1. The molecule has 0 atom stereocenters. The third-order valence-electron chi connectivity index (χ3n) is 3.61. The monoisotopic (exact) mass is 406 g/mol. The highest BCUT2D eigenvalue weighted by atomic mass is 19.4. The Morgan fingerprint density at radius 2 is 1.75 bits per heavy atom. The van der Waals surface area contributed by atoms with Gasteiger partial charge < -0.3 is 15.4 Å². The van der Waals surface area contributed by atoms with Crippen LogP contribution in [0.2, 0.25) is 0 Å². The molecule has 0 spiro atoms. The Bertz CT molecular complexity index is 794. The molecule has 1 amide bonds. The molecular formula is C18H16F6N2O2. The summed E-state index contributed by atoms with van der Waals surface area (Å²) in [5.74, 6) is -1.85. The molecule has 4 nitrogen and oxygen atoms in total. The number of anilines is 1. The van der Waals surface area contributed by atoms with E-state index in [2.05, 4.69) is 15.4 Å². The molecule has 152 valence electrons. The Balaban J connectivity index is 1.77. The van der Waals surface area contributed by atoms with E-state index in [1.807, 2.05) is 0 Å². The molecule has 0 unspecified atom stereocenters. The molecule has 28 heavy (non-hydrogen) atoms. The molecule has 0 bridgehead atoms. The molecule has 0 aliphatic rings. The van der Waals surface area contributed by atoms with Crippen LogP contribution in [0, 0.1) is 5.82 Å². The van der Waals surface area contributed by atoms with E-state index in [0.29, 0.717) is 18.6 Å². The summed E-state index contributed by atoms with van der Waals surface area (Å²) in [7, 11) is 0. The van der Waals surface area contributed by atoms with Gasteiger partial charge in [-0.05, 0) is 42.3 Å². The van der Waals surface area contributed by atoms with E-state index < -0.39 is 30.1 Å². The Morgan fingerprint density at radius 3 is 2.36 bits per heavy atom. The summed E-state index contributed by atoms with van der Waals surface area (Å²) in [5.41, 5.74) is -0.695. The largest absolute Gasteiger partial charge is 0.435 e. The minimum Gasteiger partial charge on any atom is -0.435 e. The quantitative estimate of drug-likeness (QED) is 0.646. The minimum absolute atomic E-state index is 0.0181. The number of hydrogen-bond acceptors (Lipinski definition) is 3. The van der Waals surface area contributed by atoms with Crippen LogP contribution in [0.15, 0.2) is 42.5 Å². The average molecular weight is 406 g/mol. The SMILES string of the molecule is O=C(CNc1ccc(F)c(C(F)(F)F)c1)NCCc1ccc(OC(F)F)cc1. The van der Waals surface area contributed by atoms with Crippen molar-refractivity contribution in [3.63, 3.8) is 0 Å². The van der Waals surface area contributed by atoms with E-state index in [0.717, 1.165) is 11.6 Å². The fourth-order valence-corrected chi connectivity index (χ4v) is 2.28. The Morgan fingerprint density at radius 1 is 1.07 bits per heavy atom. The van der Waals surface area contributed by atoms with Crippen LogP contribution in [-0.4, -0.2) is 25.6 Å². The van der Waals surface area contributed by atoms with Gasteiger partial charge >= 0.3 is 12.8 Å². The van der Waals surface area contributed by atoms with Crippen molar-refractivity contribution in [2.45, 2.75) is 19.2 Å².